The lowest BCUT2D eigenvalue weighted by molar-refractivity contribution is -0.116. The number of rotatable bonds is 7. The summed E-state index contributed by atoms with van der Waals surface area (Å²) in [6.45, 7) is 1.38. The monoisotopic (exact) mass is 394 g/mol. The molecule has 0 bridgehead atoms. The maximum atomic E-state index is 12.2. The van der Waals surface area contributed by atoms with Crippen LogP contribution in [0.25, 0.3) is 0 Å². The van der Waals surface area contributed by atoms with Gasteiger partial charge in [0, 0.05) is 24.2 Å². The Morgan fingerprint density at radius 3 is 2.42 bits per heavy atom. The molecule has 0 aromatic heterocycles. The molecule has 138 valence electrons. The highest BCUT2D eigenvalue weighted by molar-refractivity contribution is 7.92. The van der Waals surface area contributed by atoms with Gasteiger partial charge in [-0.15, -0.1) is 0 Å². The Kier molecular flexibility index (Phi) is 6.39. The molecule has 2 aromatic carbocycles. The third kappa shape index (κ3) is 5.31. The summed E-state index contributed by atoms with van der Waals surface area (Å²) in [5.74, 6) is -0.477. The van der Waals surface area contributed by atoms with Gasteiger partial charge in [0.05, 0.1) is 17.0 Å². The van der Waals surface area contributed by atoms with Crippen LogP contribution in [0.15, 0.2) is 48.5 Å². The fraction of sp³-hybridized carbons (Fsp3) is 0.222. The van der Waals surface area contributed by atoms with Gasteiger partial charge in [0.15, 0.2) is 5.78 Å². The fourth-order valence-electron chi connectivity index (χ4n) is 2.36. The number of carbonyl (C=O) groups is 2. The van der Waals surface area contributed by atoms with Crippen molar-refractivity contribution in [3.8, 4) is 0 Å². The van der Waals surface area contributed by atoms with Crippen molar-refractivity contribution in [2.75, 3.05) is 22.4 Å². The zero-order valence-electron chi connectivity index (χ0n) is 14.4. The molecule has 0 atom stereocenters. The van der Waals surface area contributed by atoms with Gasteiger partial charge in [-0.25, -0.2) is 8.42 Å². The van der Waals surface area contributed by atoms with Crippen molar-refractivity contribution in [2.24, 2.45) is 0 Å². The normalized spacial score (nSPS) is 11.0. The quantitative estimate of drug-likeness (QED) is 0.730. The molecular weight excluding hydrogens is 376 g/mol. The van der Waals surface area contributed by atoms with Gasteiger partial charge in [0.1, 0.15) is 0 Å². The molecule has 0 spiro atoms. The molecule has 2 aromatic rings. The summed E-state index contributed by atoms with van der Waals surface area (Å²) in [4.78, 5) is 23.6. The summed E-state index contributed by atoms with van der Waals surface area (Å²) >= 11 is 6.08. The van der Waals surface area contributed by atoms with E-state index in [4.69, 9.17) is 11.6 Å². The number of sulfonamides is 1. The van der Waals surface area contributed by atoms with Crippen LogP contribution in [0.3, 0.4) is 0 Å². The highest BCUT2D eigenvalue weighted by Gasteiger charge is 2.20. The number of para-hydroxylation sites is 1. The van der Waals surface area contributed by atoms with E-state index in [9.17, 15) is 18.0 Å². The minimum Gasteiger partial charge on any atom is -0.326 e. The maximum Gasteiger partial charge on any atom is 0.232 e. The molecule has 0 aliphatic heterocycles. The van der Waals surface area contributed by atoms with Crippen LogP contribution in [0.2, 0.25) is 5.02 Å². The van der Waals surface area contributed by atoms with Gasteiger partial charge in [0.25, 0.3) is 0 Å². The van der Waals surface area contributed by atoms with Gasteiger partial charge in [-0.1, -0.05) is 35.9 Å². The molecule has 2 rings (SSSR count). The number of hydrogen-bond acceptors (Lipinski definition) is 4. The molecule has 0 heterocycles. The molecule has 0 saturated carbocycles. The van der Waals surface area contributed by atoms with Crippen LogP contribution >= 0.6 is 11.6 Å². The summed E-state index contributed by atoms with van der Waals surface area (Å²) in [5, 5.41) is 2.95. The zero-order chi connectivity index (χ0) is 19.3. The Morgan fingerprint density at radius 1 is 1.12 bits per heavy atom. The lowest BCUT2D eigenvalue weighted by atomic mass is 10.1. The standard InChI is InChI=1S/C18H19ClN2O4S/c1-13(22)14-6-5-7-15(12-14)20-18(23)10-11-21(26(2,24)25)17-9-4-3-8-16(17)19/h3-9,12H,10-11H2,1-2H3,(H,20,23). The lowest BCUT2D eigenvalue weighted by Gasteiger charge is -2.23. The summed E-state index contributed by atoms with van der Waals surface area (Å²) in [6.07, 6.45) is 0.993. The van der Waals surface area contributed by atoms with Crippen LogP contribution in [-0.2, 0) is 14.8 Å². The number of anilines is 2. The number of nitrogens with zero attached hydrogens (tertiary/aromatic N) is 1. The van der Waals surface area contributed by atoms with E-state index < -0.39 is 10.0 Å². The highest BCUT2D eigenvalue weighted by atomic mass is 35.5. The van der Waals surface area contributed by atoms with Gasteiger partial charge >= 0.3 is 0 Å². The van der Waals surface area contributed by atoms with E-state index in [1.54, 1.807) is 48.5 Å². The number of halogens is 1. The molecule has 0 saturated heterocycles. The first-order valence-corrected chi connectivity index (χ1v) is 10.0. The first-order valence-electron chi connectivity index (χ1n) is 7.81. The predicted molar refractivity (Wildman–Crippen MR) is 103 cm³/mol. The van der Waals surface area contributed by atoms with Crippen molar-refractivity contribution in [2.45, 2.75) is 13.3 Å². The van der Waals surface area contributed by atoms with Crippen molar-refractivity contribution >= 4 is 44.7 Å². The molecule has 0 aliphatic carbocycles. The van der Waals surface area contributed by atoms with Gasteiger partial charge in [-0.3, -0.25) is 13.9 Å². The Morgan fingerprint density at radius 2 is 1.81 bits per heavy atom. The zero-order valence-corrected chi connectivity index (χ0v) is 16.0. The highest BCUT2D eigenvalue weighted by Crippen LogP contribution is 2.27. The Bertz CT molecular complexity index is 928. The second kappa shape index (κ2) is 8.33. The van der Waals surface area contributed by atoms with Crippen LogP contribution in [0.5, 0.6) is 0 Å². The van der Waals surface area contributed by atoms with E-state index in [0.29, 0.717) is 16.9 Å². The number of benzene rings is 2. The lowest BCUT2D eigenvalue weighted by Crippen LogP contribution is -2.33. The number of ketones is 1. The van der Waals surface area contributed by atoms with Gasteiger partial charge < -0.3 is 5.32 Å². The van der Waals surface area contributed by atoms with Gasteiger partial charge in [-0.05, 0) is 31.2 Å². The predicted octanol–water partition coefficient (Wildman–Crippen LogP) is 3.34. The van der Waals surface area contributed by atoms with Crippen LogP contribution in [0.1, 0.15) is 23.7 Å². The summed E-state index contributed by atoms with van der Waals surface area (Å²) in [6, 6.07) is 13.1. The van der Waals surface area contributed by atoms with Crippen LogP contribution < -0.4 is 9.62 Å². The van der Waals surface area contributed by atoms with Crippen LogP contribution in [0.4, 0.5) is 11.4 Å². The Labute approximate surface area is 157 Å². The number of carbonyl (C=O) groups excluding carboxylic acids is 2. The maximum absolute atomic E-state index is 12.2. The topological polar surface area (TPSA) is 83.6 Å². The second-order valence-corrected chi connectivity index (χ2v) is 8.04. The molecule has 0 radical (unpaired) electrons. The van der Waals surface area contributed by atoms with E-state index >= 15 is 0 Å². The molecule has 0 unspecified atom stereocenters. The average molecular weight is 395 g/mol. The minimum absolute atomic E-state index is 0.0548. The molecule has 26 heavy (non-hydrogen) atoms. The van der Waals surface area contributed by atoms with Crippen molar-refractivity contribution < 1.29 is 18.0 Å². The summed E-state index contributed by atoms with van der Waals surface area (Å²) < 4.78 is 25.2. The third-order valence-electron chi connectivity index (χ3n) is 3.62. The van der Waals surface area contributed by atoms with Crippen molar-refractivity contribution in [3.63, 3.8) is 0 Å². The molecule has 0 aliphatic rings. The van der Waals surface area contributed by atoms with Gasteiger partial charge in [-0.2, -0.15) is 0 Å². The van der Waals surface area contributed by atoms with E-state index in [1.807, 2.05) is 0 Å². The molecule has 1 amide bonds. The minimum atomic E-state index is -3.60. The van der Waals surface area contributed by atoms with Crippen molar-refractivity contribution in [1.82, 2.24) is 0 Å². The number of amides is 1. The number of nitrogens with one attached hydrogen (secondary N) is 1. The molecule has 8 heteroatoms. The smallest absolute Gasteiger partial charge is 0.232 e. The van der Waals surface area contributed by atoms with Crippen molar-refractivity contribution in [3.05, 3.63) is 59.1 Å². The summed E-state index contributed by atoms with van der Waals surface area (Å²) in [5.41, 5.74) is 1.28. The Balaban J connectivity index is 2.09. The van der Waals surface area contributed by atoms with Gasteiger partial charge in [0.2, 0.25) is 15.9 Å². The van der Waals surface area contributed by atoms with E-state index in [-0.39, 0.29) is 29.7 Å². The summed E-state index contributed by atoms with van der Waals surface area (Å²) in [7, 11) is -3.60. The van der Waals surface area contributed by atoms with E-state index in [0.717, 1.165) is 10.6 Å². The average Bonchev–Trinajstić information content (AvgIpc) is 2.55. The molecule has 1 N–H and O–H groups in total. The Hall–Kier alpha value is -2.38. The largest absolute Gasteiger partial charge is 0.326 e. The third-order valence-corrected chi connectivity index (χ3v) is 5.12. The molecule has 6 nitrogen and oxygen atoms in total. The SMILES string of the molecule is CC(=O)c1cccc(NC(=O)CCN(c2ccccc2Cl)S(C)(=O)=O)c1. The number of hydrogen-bond donors (Lipinski definition) is 1. The van der Waals surface area contributed by atoms with E-state index in [2.05, 4.69) is 5.32 Å². The van der Waals surface area contributed by atoms with Crippen LogP contribution in [0, 0.1) is 0 Å². The second-order valence-electron chi connectivity index (χ2n) is 5.72. The molecule has 0 fully saturated rings. The molecular formula is C18H19ClN2O4S. The first kappa shape index (κ1) is 19.9. The van der Waals surface area contributed by atoms with Crippen LogP contribution in [-0.4, -0.2) is 32.9 Å². The van der Waals surface area contributed by atoms with E-state index in [1.165, 1.54) is 6.92 Å². The first-order chi connectivity index (χ1) is 12.2. The van der Waals surface area contributed by atoms with Crippen molar-refractivity contribution in [1.29, 1.82) is 0 Å². The number of Topliss-reactive ketones (excluding diaryl/α,β-unsaturated/α-hetero) is 1. The fourth-order valence-corrected chi connectivity index (χ4v) is 3.59.